The predicted octanol–water partition coefficient (Wildman–Crippen LogP) is 3.27. The smallest absolute Gasteiger partial charge is 0.243 e. The Kier molecular flexibility index (Phi) is 5.45. The summed E-state index contributed by atoms with van der Waals surface area (Å²) < 4.78 is 30.5. The first kappa shape index (κ1) is 19.9. The van der Waals surface area contributed by atoms with E-state index in [0.717, 1.165) is 22.0 Å². The monoisotopic (exact) mass is 396 g/mol. The number of aromatic nitrogens is 1. The number of nitrogens with one attached hydrogen (secondary N) is 1. The summed E-state index contributed by atoms with van der Waals surface area (Å²) in [4.78, 5) is 0.132. The molecule has 6 nitrogen and oxygen atoms in total. The van der Waals surface area contributed by atoms with E-state index in [9.17, 15) is 8.42 Å². The molecule has 0 spiro atoms. The van der Waals surface area contributed by atoms with Gasteiger partial charge in [-0.15, -0.1) is 0 Å². The standard InChI is InChI=1S/C21H24N4O2S/c1-14-10-15(2)21(19(23)11-14)28(26,27)24-16(3)12-25-13-17(8-9-22)18-6-4-5-7-20(18)25/h4-7,10-11,13,16,24H,8,12,23H2,1-3H3/t16-/m0/s1. The number of para-hydroxylation sites is 1. The molecule has 28 heavy (non-hydrogen) atoms. The molecule has 0 fully saturated rings. The molecule has 2 aromatic carbocycles. The third-order valence-corrected chi connectivity index (χ3v) is 6.49. The van der Waals surface area contributed by atoms with Crippen molar-refractivity contribution in [3.05, 3.63) is 59.3 Å². The molecule has 0 amide bonds. The summed E-state index contributed by atoms with van der Waals surface area (Å²) in [6.07, 6.45) is 2.23. The summed E-state index contributed by atoms with van der Waals surface area (Å²) in [5.41, 5.74) is 9.70. The van der Waals surface area contributed by atoms with E-state index < -0.39 is 10.0 Å². The van der Waals surface area contributed by atoms with Gasteiger partial charge in [0.1, 0.15) is 4.90 Å². The van der Waals surface area contributed by atoms with Crippen molar-refractivity contribution < 1.29 is 8.42 Å². The van der Waals surface area contributed by atoms with Gasteiger partial charge in [-0.05, 0) is 49.6 Å². The summed E-state index contributed by atoms with van der Waals surface area (Å²) in [5, 5.41) is 10.1. The highest BCUT2D eigenvalue weighted by Crippen LogP contribution is 2.25. The molecule has 0 aliphatic rings. The lowest BCUT2D eigenvalue weighted by Gasteiger charge is -2.18. The van der Waals surface area contributed by atoms with Gasteiger partial charge in [0, 0.05) is 29.7 Å². The normalized spacial score (nSPS) is 12.8. The molecule has 0 unspecified atom stereocenters. The highest BCUT2D eigenvalue weighted by Gasteiger charge is 2.23. The number of rotatable bonds is 6. The molecule has 1 aromatic heterocycles. The van der Waals surface area contributed by atoms with Gasteiger partial charge in [-0.3, -0.25) is 0 Å². The third-order valence-electron chi connectivity index (χ3n) is 4.68. The molecule has 0 saturated heterocycles. The van der Waals surface area contributed by atoms with Gasteiger partial charge < -0.3 is 10.3 Å². The van der Waals surface area contributed by atoms with Crippen LogP contribution < -0.4 is 10.5 Å². The molecule has 3 rings (SSSR count). The van der Waals surface area contributed by atoms with Crippen molar-refractivity contribution in [2.45, 2.75) is 44.7 Å². The molecule has 0 radical (unpaired) electrons. The number of sulfonamides is 1. The Morgan fingerprint density at radius 3 is 2.64 bits per heavy atom. The molecule has 0 bridgehead atoms. The molecule has 146 valence electrons. The minimum Gasteiger partial charge on any atom is -0.398 e. The van der Waals surface area contributed by atoms with Gasteiger partial charge in [0.05, 0.1) is 18.2 Å². The van der Waals surface area contributed by atoms with Crippen LogP contribution in [0.1, 0.15) is 23.6 Å². The SMILES string of the molecule is Cc1cc(C)c(S(=O)(=O)N[C@@H](C)Cn2cc(CC#N)c3ccccc32)c(N)c1. The van der Waals surface area contributed by atoms with Gasteiger partial charge in [0.2, 0.25) is 10.0 Å². The fourth-order valence-corrected chi connectivity index (χ4v) is 5.28. The summed E-state index contributed by atoms with van der Waals surface area (Å²) >= 11 is 0. The summed E-state index contributed by atoms with van der Waals surface area (Å²) in [6, 6.07) is 13.1. The molecule has 1 heterocycles. The van der Waals surface area contributed by atoms with Crippen molar-refractivity contribution in [2.24, 2.45) is 0 Å². The first-order valence-corrected chi connectivity index (χ1v) is 10.5. The van der Waals surface area contributed by atoms with Crippen molar-refractivity contribution >= 4 is 26.6 Å². The minimum absolute atomic E-state index is 0.132. The number of fused-ring (bicyclic) bond motifs is 1. The van der Waals surface area contributed by atoms with Crippen LogP contribution in [0.3, 0.4) is 0 Å². The van der Waals surface area contributed by atoms with E-state index in [-0.39, 0.29) is 16.6 Å². The summed E-state index contributed by atoms with van der Waals surface area (Å²) in [5.74, 6) is 0. The molecule has 0 aliphatic heterocycles. The maximum atomic E-state index is 12.9. The second-order valence-corrected chi connectivity index (χ2v) is 8.83. The van der Waals surface area contributed by atoms with Crippen molar-refractivity contribution in [1.82, 2.24) is 9.29 Å². The van der Waals surface area contributed by atoms with E-state index in [0.29, 0.717) is 18.5 Å². The number of anilines is 1. The highest BCUT2D eigenvalue weighted by molar-refractivity contribution is 7.89. The molecule has 0 saturated carbocycles. The lowest BCUT2D eigenvalue weighted by molar-refractivity contribution is 0.526. The summed E-state index contributed by atoms with van der Waals surface area (Å²) in [7, 11) is -3.76. The molecule has 3 N–H and O–H groups in total. The number of nitrogens with zero attached hydrogens (tertiary/aromatic N) is 2. The Morgan fingerprint density at radius 1 is 1.25 bits per heavy atom. The number of nitrogens with two attached hydrogens (primary N) is 1. The Labute approximate surface area is 165 Å². The summed E-state index contributed by atoms with van der Waals surface area (Å²) in [6.45, 7) is 5.88. The zero-order valence-electron chi connectivity index (χ0n) is 16.2. The molecular weight excluding hydrogens is 372 g/mol. The van der Waals surface area contributed by atoms with Gasteiger partial charge in [0.25, 0.3) is 0 Å². The van der Waals surface area contributed by atoms with Crippen LogP contribution in [0, 0.1) is 25.2 Å². The van der Waals surface area contributed by atoms with Crippen LogP contribution in [-0.4, -0.2) is 19.0 Å². The van der Waals surface area contributed by atoms with Crippen molar-refractivity contribution in [1.29, 1.82) is 5.26 Å². The Morgan fingerprint density at radius 2 is 1.96 bits per heavy atom. The maximum absolute atomic E-state index is 12.9. The number of hydrogen-bond acceptors (Lipinski definition) is 4. The Balaban J connectivity index is 1.88. The van der Waals surface area contributed by atoms with E-state index in [1.807, 2.05) is 54.9 Å². The van der Waals surface area contributed by atoms with E-state index in [1.165, 1.54) is 0 Å². The average Bonchev–Trinajstić information content (AvgIpc) is 2.91. The topological polar surface area (TPSA) is 101 Å². The van der Waals surface area contributed by atoms with E-state index in [4.69, 9.17) is 11.0 Å². The predicted molar refractivity (Wildman–Crippen MR) is 111 cm³/mol. The lowest BCUT2D eigenvalue weighted by atomic mass is 10.1. The Hall–Kier alpha value is -2.82. The first-order valence-electron chi connectivity index (χ1n) is 9.05. The van der Waals surface area contributed by atoms with Crippen LogP contribution in [0.25, 0.3) is 10.9 Å². The van der Waals surface area contributed by atoms with E-state index in [2.05, 4.69) is 10.8 Å². The van der Waals surface area contributed by atoms with Crippen LogP contribution in [0.5, 0.6) is 0 Å². The van der Waals surface area contributed by atoms with Crippen LogP contribution in [-0.2, 0) is 23.0 Å². The van der Waals surface area contributed by atoms with Gasteiger partial charge in [-0.2, -0.15) is 5.26 Å². The average molecular weight is 397 g/mol. The quantitative estimate of drug-likeness (QED) is 0.624. The van der Waals surface area contributed by atoms with Crippen molar-refractivity contribution in [3.8, 4) is 6.07 Å². The minimum atomic E-state index is -3.76. The Bertz CT molecular complexity index is 1150. The highest BCUT2D eigenvalue weighted by atomic mass is 32.2. The molecule has 3 aromatic rings. The van der Waals surface area contributed by atoms with Gasteiger partial charge in [-0.1, -0.05) is 24.3 Å². The second-order valence-electron chi connectivity index (χ2n) is 7.18. The number of aryl methyl sites for hydroxylation is 2. The molecule has 1 atom stereocenters. The van der Waals surface area contributed by atoms with Crippen LogP contribution in [0.15, 0.2) is 47.5 Å². The molecular formula is C21H24N4O2S. The van der Waals surface area contributed by atoms with Crippen molar-refractivity contribution in [2.75, 3.05) is 5.73 Å². The van der Waals surface area contributed by atoms with Gasteiger partial charge >= 0.3 is 0 Å². The van der Waals surface area contributed by atoms with Crippen molar-refractivity contribution in [3.63, 3.8) is 0 Å². The van der Waals surface area contributed by atoms with E-state index >= 15 is 0 Å². The zero-order valence-corrected chi connectivity index (χ0v) is 17.0. The molecule has 0 aliphatic carbocycles. The molecule has 7 heteroatoms. The van der Waals surface area contributed by atoms with Crippen LogP contribution in [0.2, 0.25) is 0 Å². The number of hydrogen-bond donors (Lipinski definition) is 2. The maximum Gasteiger partial charge on any atom is 0.243 e. The van der Waals surface area contributed by atoms with Gasteiger partial charge in [0.15, 0.2) is 0 Å². The van der Waals surface area contributed by atoms with Crippen LogP contribution >= 0.6 is 0 Å². The zero-order chi connectivity index (χ0) is 20.5. The fraction of sp³-hybridized carbons (Fsp3) is 0.286. The second kappa shape index (κ2) is 7.66. The lowest BCUT2D eigenvalue weighted by Crippen LogP contribution is -2.36. The number of nitrogen functional groups attached to an aromatic ring is 1. The number of nitriles is 1. The largest absolute Gasteiger partial charge is 0.398 e. The first-order chi connectivity index (χ1) is 13.2. The van der Waals surface area contributed by atoms with E-state index in [1.54, 1.807) is 13.0 Å². The third kappa shape index (κ3) is 3.88. The van der Waals surface area contributed by atoms with Gasteiger partial charge in [-0.25, -0.2) is 13.1 Å². The fourth-order valence-electron chi connectivity index (χ4n) is 3.71. The van der Waals surface area contributed by atoms with Crippen LogP contribution in [0.4, 0.5) is 5.69 Å². The number of benzene rings is 2.